The highest BCUT2D eigenvalue weighted by molar-refractivity contribution is 7.62. The summed E-state index contributed by atoms with van der Waals surface area (Å²) in [7, 11) is -0.976. The molecule has 1 aliphatic rings. The second kappa shape index (κ2) is 9.49. The molecule has 1 saturated carbocycles. The Morgan fingerprint density at radius 2 is 2.10 bits per heavy atom. The molecule has 164 valence electrons. The molecule has 0 saturated heterocycles. The topological polar surface area (TPSA) is 133 Å². The summed E-state index contributed by atoms with van der Waals surface area (Å²) >= 11 is 0. The summed E-state index contributed by atoms with van der Waals surface area (Å²) in [4.78, 5) is 16.1. The minimum absolute atomic E-state index is 0.0594. The van der Waals surface area contributed by atoms with E-state index in [1.807, 2.05) is 19.9 Å². The van der Waals surface area contributed by atoms with Crippen molar-refractivity contribution < 1.29 is 14.1 Å². The smallest absolute Gasteiger partial charge is 0.407 e. The number of rotatable bonds is 8. The van der Waals surface area contributed by atoms with E-state index < -0.39 is 7.44 Å². The zero-order valence-electron chi connectivity index (χ0n) is 17.7. The van der Waals surface area contributed by atoms with Crippen LogP contribution in [0.15, 0.2) is 24.4 Å². The molecular weight excluding hydrogens is 405 g/mol. The zero-order valence-corrected chi connectivity index (χ0v) is 18.6. The van der Waals surface area contributed by atoms with Crippen LogP contribution in [0, 0.1) is 0 Å². The predicted molar refractivity (Wildman–Crippen MR) is 117 cm³/mol. The van der Waals surface area contributed by atoms with E-state index in [9.17, 15) is 9.36 Å². The Morgan fingerprint density at radius 3 is 2.77 bits per heavy atom. The minimum atomic E-state index is -2.62. The molecular formula is C19H30N7O3P. The monoisotopic (exact) mass is 435 g/mol. The first-order chi connectivity index (χ1) is 14.2. The first kappa shape index (κ1) is 22.1. The van der Waals surface area contributed by atoms with Gasteiger partial charge >= 0.3 is 6.09 Å². The lowest BCUT2D eigenvalue weighted by Gasteiger charge is -2.14. The molecule has 3 rings (SSSR count). The highest BCUT2D eigenvalue weighted by Gasteiger charge is 2.30. The van der Waals surface area contributed by atoms with E-state index in [1.54, 1.807) is 32.0 Å². The van der Waals surface area contributed by atoms with Gasteiger partial charge in [0, 0.05) is 30.4 Å². The fraction of sp³-hybridized carbons (Fsp3) is 0.526. The Balaban J connectivity index is 1.53. The van der Waals surface area contributed by atoms with Crippen LogP contribution in [0.1, 0.15) is 44.7 Å². The van der Waals surface area contributed by atoms with Crippen molar-refractivity contribution in [3.63, 3.8) is 0 Å². The molecule has 3 atom stereocenters. The van der Waals surface area contributed by atoms with Crippen molar-refractivity contribution in [3.8, 4) is 0 Å². The Labute approximate surface area is 176 Å². The lowest BCUT2D eigenvalue weighted by atomic mass is 10.0. The van der Waals surface area contributed by atoms with Crippen LogP contribution < -0.4 is 20.8 Å². The van der Waals surface area contributed by atoms with E-state index in [0.29, 0.717) is 17.3 Å². The number of amides is 1. The van der Waals surface area contributed by atoms with E-state index in [4.69, 9.17) is 4.74 Å². The van der Waals surface area contributed by atoms with Crippen molar-refractivity contribution in [2.45, 2.75) is 51.2 Å². The molecule has 0 aromatic carbocycles. The van der Waals surface area contributed by atoms with Gasteiger partial charge in [-0.15, -0.1) is 0 Å². The second-order valence-corrected chi connectivity index (χ2v) is 10.4. The summed E-state index contributed by atoms with van der Waals surface area (Å²) in [6.45, 7) is 5.42. The molecule has 0 aliphatic heterocycles. The summed E-state index contributed by atoms with van der Waals surface area (Å²) < 4.78 is 17.6. The number of hydrogen-bond acceptors (Lipinski definition) is 6. The summed E-state index contributed by atoms with van der Waals surface area (Å²) in [5.74, 6) is 1.56. The summed E-state index contributed by atoms with van der Waals surface area (Å²) in [5, 5.41) is 19.0. The van der Waals surface area contributed by atoms with Crippen LogP contribution in [0.5, 0.6) is 0 Å². The van der Waals surface area contributed by atoms with E-state index in [1.165, 1.54) is 0 Å². The molecule has 1 fully saturated rings. The highest BCUT2D eigenvalue weighted by Crippen LogP contribution is 2.37. The largest absolute Gasteiger partial charge is 0.446 e. The maximum Gasteiger partial charge on any atom is 0.407 e. The van der Waals surface area contributed by atoms with Gasteiger partial charge in [0.15, 0.2) is 5.82 Å². The molecule has 0 radical (unpaired) electrons. The van der Waals surface area contributed by atoms with Crippen LogP contribution in [0.2, 0.25) is 0 Å². The number of ether oxygens (including phenoxy) is 1. The molecule has 0 bridgehead atoms. The van der Waals surface area contributed by atoms with Crippen molar-refractivity contribution >= 4 is 30.9 Å². The molecule has 5 N–H and O–H groups in total. The highest BCUT2D eigenvalue weighted by atomic mass is 31.2. The normalized spacial score (nSPS) is 20.6. The number of carbonyl (C=O) groups excluding carboxylic acids is 1. The van der Waals surface area contributed by atoms with E-state index >= 15 is 0 Å². The number of hydrogen-bond donors (Lipinski definition) is 5. The lowest BCUT2D eigenvalue weighted by Crippen LogP contribution is -2.33. The molecule has 2 heterocycles. The number of H-pyrrole nitrogens is 1. The van der Waals surface area contributed by atoms with Gasteiger partial charge in [0.2, 0.25) is 7.44 Å². The number of alkyl carbamates (subject to hydrolysis) is 1. The van der Waals surface area contributed by atoms with Gasteiger partial charge < -0.3 is 20.5 Å². The maximum atomic E-state index is 12.1. The summed E-state index contributed by atoms with van der Waals surface area (Å²) in [5.41, 5.74) is 1.68. The standard InChI is InChI=1S/C19H30N7O3P/c1-12(2)22-19(27)29-15-7-5-13(9-15)16-10-18(25-24-16)23-17-8-6-14(11-21-17)26-30(4,28)20-3/h6,8,10-13,15H,5,7,9H2,1-4H3,(H,22,27)(H2,20,26,28)(H2,21,23,24,25). The summed E-state index contributed by atoms with van der Waals surface area (Å²) in [6.07, 6.45) is 3.71. The van der Waals surface area contributed by atoms with Crippen LogP contribution >= 0.6 is 7.44 Å². The number of nitrogens with zero attached hydrogens (tertiary/aromatic N) is 2. The zero-order chi connectivity index (χ0) is 21.7. The van der Waals surface area contributed by atoms with Crippen molar-refractivity contribution in [1.82, 2.24) is 25.6 Å². The van der Waals surface area contributed by atoms with Gasteiger partial charge in [0.1, 0.15) is 11.9 Å². The molecule has 3 unspecified atom stereocenters. The van der Waals surface area contributed by atoms with Gasteiger partial charge in [-0.1, -0.05) is 0 Å². The van der Waals surface area contributed by atoms with Crippen molar-refractivity contribution in [2.75, 3.05) is 24.1 Å². The van der Waals surface area contributed by atoms with Crippen LogP contribution in [0.3, 0.4) is 0 Å². The van der Waals surface area contributed by atoms with Gasteiger partial charge in [-0.25, -0.2) is 9.78 Å². The lowest BCUT2D eigenvalue weighted by molar-refractivity contribution is 0.0981. The SMILES string of the molecule is CNP(C)(=O)Nc1ccc(Nc2cc(C3CCC(OC(=O)NC(C)C)C3)[nH]n2)nc1. The fourth-order valence-electron chi connectivity index (χ4n) is 3.33. The molecule has 1 aliphatic carbocycles. The van der Waals surface area contributed by atoms with Gasteiger partial charge in [-0.2, -0.15) is 5.10 Å². The second-order valence-electron chi connectivity index (χ2n) is 7.86. The molecule has 2 aromatic heterocycles. The molecule has 30 heavy (non-hydrogen) atoms. The molecule has 10 nitrogen and oxygen atoms in total. The molecule has 11 heteroatoms. The number of aromatic nitrogens is 3. The molecule has 1 amide bonds. The van der Waals surface area contributed by atoms with Crippen LogP contribution in [0.25, 0.3) is 0 Å². The average Bonchev–Trinajstić information content (AvgIpc) is 3.32. The predicted octanol–water partition coefficient (Wildman–Crippen LogP) is 3.77. The third-order valence-corrected chi connectivity index (χ3v) is 6.43. The third-order valence-electron chi connectivity index (χ3n) is 4.89. The van der Waals surface area contributed by atoms with E-state index in [-0.39, 0.29) is 24.2 Å². The quantitative estimate of drug-likeness (QED) is 0.396. The first-order valence-electron chi connectivity index (χ1n) is 10.0. The third kappa shape index (κ3) is 6.21. The van der Waals surface area contributed by atoms with Gasteiger partial charge in [0.25, 0.3) is 0 Å². The number of carbonyl (C=O) groups is 1. The van der Waals surface area contributed by atoms with Crippen molar-refractivity contribution in [1.29, 1.82) is 0 Å². The number of anilines is 3. The Kier molecular flexibility index (Phi) is 6.99. The average molecular weight is 435 g/mol. The van der Waals surface area contributed by atoms with E-state index in [0.717, 1.165) is 25.0 Å². The Hall–Kier alpha value is -2.58. The van der Waals surface area contributed by atoms with Gasteiger partial charge in [-0.05, 0) is 52.3 Å². The van der Waals surface area contributed by atoms with Crippen LogP contribution in [-0.2, 0) is 9.30 Å². The summed E-state index contributed by atoms with van der Waals surface area (Å²) in [6, 6.07) is 5.61. The Bertz CT molecular complexity index is 900. The number of pyridine rings is 1. The molecule has 2 aromatic rings. The minimum Gasteiger partial charge on any atom is -0.446 e. The van der Waals surface area contributed by atoms with Crippen molar-refractivity contribution in [3.05, 3.63) is 30.1 Å². The van der Waals surface area contributed by atoms with Gasteiger partial charge in [-0.3, -0.25) is 14.8 Å². The molecule has 0 spiro atoms. The van der Waals surface area contributed by atoms with E-state index in [2.05, 4.69) is 36.0 Å². The maximum absolute atomic E-state index is 12.1. The van der Waals surface area contributed by atoms with Crippen molar-refractivity contribution in [2.24, 2.45) is 0 Å². The van der Waals surface area contributed by atoms with Gasteiger partial charge in [0.05, 0.1) is 11.9 Å². The van der Waals surface area contributed by atoms with Crippen LogP contribution in [0.4, 0.5) is 22.1 Å². The fourth-order valence-corrected chi connectivity index (χ4v) is 4.06. The number of nitrogens with one attached hydrogen (secondary N) is 5. The van der Waals surface area contributed by atoms with Crippen LogP contribution in [-0.4, -0.2) is 47.1 Å². The first-order valence-corrected chi connectivity index (χ1v) is 12.2. The number of aromatic amines is 1. The Morgan fingerprint density at radius 1 is 1.30 bits per heavy atom.